The van der Waals surface area contributed by atoms with Crippen molar-refractivity contribution in [1.82, 2.24) is 19.9 Å². The van der Waals surface area contributed by atoms with Crippen molar-refractivity contribution in [2.45, 2.75) is 19.9 Å². The lowest BCUT2D eigenvalue weighted by Crippen LogP contribution is -2.31. The fourth-order valence-electron chi connectivity index (χ4n) is 2.90. The number of aliphatic imine (C=N–C) groups is 1. The molecule has 2 aromatic heterocycles. The fourth-order valence-corrected chi connectivity index (χ4v) is 2.90. The van der Waals surface area contributed by atoms with Gasteiger partial charge in [0.05, 0.1) is 11.9 Å². The number of H-pyrrole nitrogens is 1. The molecule has 1 aliphatic rings. The van der Waals surface area contributed by atoms with Gasteiger partial charge in [0.25, 0.3) is 0 Å². The Labute approximate surface area is 157 Å². The molecule has 0 saturated heterocycles. The molecule has 2 aromatic rings. The second-order valence-electron chi connectivity index (χ2n) is 6.08. The third kappa shape index (κ3) is 4.03. The molecule has 0 aliphatic heterocycles. The Hall–Kier alpha value is -3.48. The molecule has 3 rings (SSSR count). The van der Waals surface area contributed by atoms with E-state index >= 15 is 0 Å². The Morgan fingerprint density at radius 3 is 2.78 bits per heavy atom. The van der Waals surface area contributed by atoms with Crippen LogP contribution in [0.2, 0.25) is 0 Å². The maximum Gasteiger partial charge on any atom is 0.210 e. The van der Waals surface area contributed by atoms with Crippen LogP contribution in [0.5, 0.6) is 0 Å². The number of carbonyl (C=O) groups excluding carboxylic acids is 1. The van der Waals surface area contributed by atoms with Crippen molar-refractivity contribution in [3.63, 3.8) is 0 Å². The quantitative estimate of drug-likeness (QED) is 0.584. The van der Waals surface area contributed by atoms with Gasteiger partial charge in [-0.25, -0.2) is 9.98 Å². The molecular formula is C20H22N6O. The van der Waals surface area contributed by atoms with E-state index in [4.69, 9.17) is 5.73 Å². The van der Waals surface area contributed by atoms with E-state index in [0.29, 0.717) is 24.3 Å². The summed E-state index contributed by atoms with van der Waals surface area (Å²) in [7, 11) is 0. The zero-order valence-corrected chi connectivity index (χ0v) is 15.2. The van der Waals surface area contributed by atoms with E-state index in [1.807, 2.05) is 25.1 Å². The summed E-state index contributed by atoms with van der Waals surface area (Å²) in [4.78, 5) is 28.4. The van der Waals surface area contributed by atoms with Crippen LogP contribution in [0, 0.1) is 0 Å². The van der Waals surface area contributed by atoms with Crippen LogP contribution in [0.15, 0.2) is 47.7 Å². The third-order valence-corrected chi connectivity index (χ3v) is 4.41. The second-order valence-corrected chi connectivity index (χ2v) is 6.08. The van der Waals surface area contributed by atoms with Gasteiger partial charge in [-0.1, -0.05) is 18.2 Å². The number of aromatic amines is 1. The number of rotatable bonds is 6. The molecule has 0 atom stereocenters. The summed E-state index contributed by atoms with van der Waals surface area (Å²) in [6, 6.07) is 3.96. The molecule has 0 fully saturated rings. The van der Waals surface area contributed by atoms with E-state index < -0.39 is 0 Å². The topological polar surface area (TPSA) is 100 Å². The molecule has 0 bridgehead atoms. The first-order valence-corrected chi connectivity index (χ1v) is 8.68. The van der Waals surface area contributed by atoms with Gasteiger partial charge >= 0.3 is 0 Å². The molecule has 2 heterocycles. The fraction of sp³-hybridized carbons (Fsp3) is 0.200. The molecule has 27 heavy (non-hydrogen) atoms. The van der Waals surface area contributed by atoms with E-state index in [1.54, 1.807) is 17.3 Å². The van der Waals surface area contributed by atoms with Crippen LogP contribution in [0.1, 0.15) is 24.7 Å². The summed E-state index contributed by atoms with van der Waals surface area (Å²) in [5.74, 6) is 0.914. The number of hydrogen-bond acceptors (Lipinski definition) is 5. The molecule has 0 radical (unpaired) electrons. The van der Waals surface area contributed by atoms with Crippen LogP contribution >= 0.6 is 0 Å². The highest BCUT2D eigenvalue weighted by atomic mass is 16.1. The van der Waals surface area contributed by atoms with Crippen LogP contribution in [0.4, 0.5) is 0 Å². The van der Waals surface area contributed by atoms with Gasteiger partial charge in [0.2, 0.25) is 6.41 Å². The number of aromatic nitrogens is 3. The van der Waals surface area contributed by atoms with Crippen molar-refractivity contribution >= 4 is 30.1 Å². The van der Waals surface area contributed by atoms with E-state index in [-0.39, 0.29) is 5.82 Å². The van der Waals surface area contributed by atoms with Gasteiger partial charge in [-0.2, -0.15) is 0 Å². The van der Waals surface area contributed by atoms with Crippen LogP contribution in [0.3, 0.4) is 0 Å². The highest BCUT2D eigenvalue weighted by Gasteiger charge is 2.10. The summed E-state index contributed by atoms with van der Waals surface area (Å²) < 4.78 is 0. The number of pyridine rings is 1. The molecule has 0 aromatic carbocycles. The molecule has 3 N–H and O–H groups in total. The Kier molecular flexibility index (Phi) is 5.61. The first-order valence-electron chi connectivity index (χ1n) is 8.68. The predicted octanol–water partition coefficient (Wildman–Crippen LogP) is 0.702. The Balaban J connectivity index is 2.02. The number of nitrogens with two attached hydrogens (primary N) is 1. The minimum Gasteiger partial charge on any atom is -0.382 e. The first-order chi connectivity index (χ1) is 13.2. The highest BCUT2D eigenvalue weighted by molar-refractivity contribution is 5.81. The maximum absolute atomic E-state index is 11.1. The third-order valence-electron chi connectivity index (χ3n) is 4.41. The average molecular weight is 362 g/mol. The first kappa shape index (κ1) is 18.3. The van der Waals surface area contributed by atoms with Gasteiger partial charge in [0.15, 0.2) is 5.82 Å². The maximum atomic E-state index is 11.1. The smallest absolute Gasteiger partial charge is 0.210 e. The summed E-state index contributed by atoms with van der Waals surface area (Å²) in [6.45, 7) is 6.39. The van der Waals surface area contributed by atoms with E-state index in [9.17, 15) is 4.79 Å². The summed E-state index contributed by atoms with van der Waals surface area (Å²) in [5.41, 5.74) is 9.29. The molecule has 138 valence electrons. The molecule has 7 nitrogen and oxygen atoms in total. The predicted molar refractivity (Wildman–Crippen MR) is 107 cm³/mol. The van der Waals surface area contributed by atoms with E-state index in [2.05, 4.69) is 38.8 Å². The van der Waals surface area contributed by atoms with Gasteiger partial charge in [-0.05, 0) is 48.9 Å². The molecule has 0 spiro atoms. The van der Waals surface area contributed by atoms with Crippen LogP contribution < -0.4 is 16.4 Å². The van der Waals surface area contributed by atoms with E-state index in [1.165, 1.54) is 0 Å². The molecule has 1 aliphatic carbocycles. The van der Waals surface area contributed by atoms with Crippen molar-refractivity contribution < 1.29 is 4.79 Å². The molecule has 0 unspecified atom stereocenters. The molecule has 1 amide bonds. The lowest BCUT2D eigenvalue weighted by atomic mass is 9.97. The molecular weight excluding hydrogens is 340 g/mol. The number of nitrogens with one attached hydrogen (secondary N) is 1. The SMILES string of the molecule is C=N/C(N)=c1/nc(CN(C=O)CC)[nH]/c1=C1\C=CC(c2ccncc2)=CC1. The summed E-state index contributed by atoms with van der Waals surface area (Å²) >= 11 is 0. The molecule has 0 saturated carbocycles. The number of nitrogens with zero attached hydrogens (tertiary/aromatic N) is 4. The number of hydrogen-bond donors (Lipinski definition) is 2. The van der Waals surface area contributed by atoms with Gasteiger partial charge in [-0.15, -0.1) is 0 Å². The monoisotopic (exact) mass is 362 g/mol. The second kappa shape index (κ2) is 8.27. The number of carbonyl (C=O) groups is 1. The summed E-state index contributed by atoms with van der Waals surface area (Å²) in [6.07, 6.45) is 11.3. The van der Waals surface area contributed by atoms with Crippen LogP contribution in [-0.4, -0.2) is 39.5 Å². The lowest BCUT2D eigenvalue weighted by molar-refractivity contribution is -0.118. The van der Waals surface area contributed by atoms with Crippen LogP contribution in [0.25, 0.3) is 17.0 Å². The zero-order valence-electron chi connectivity index (χ0n) is 15.2. The van der Waals surface area contributed by atoms with Crippen molar-refractivity contribution in [3.05, 3.63) is 64.8 Å². The minimum atomic E-state index is 0.256. The van der Waals surface area contributed by atoms with Gasteiger partial charge in [0, 0.05) is 18.9 Å². The zero-order chi connectivity index (χ0) is 19.2. The van der Waals surface area contributed by atoms with Gasteiger partial charge < -0.3 is 15.6 Å². The standard InChI is InChI=1S/C20H22N6O/c1-3-26(13-27)12-17-24-18(19(25-17)20(21)22-2)16-6-4-14(5-7-16)15-8-10-23-11-9-15/h4-6,8-11,13H,2-3,7,12,21H2,1H3,(H,24,25)/b18-16+,20-19+. The van der Waals surface area contributed by atoms with Crippen molar-refractivity contribution in [3.8, 4) is 0 Å². The Morgan fingerprint density at radius 2 is 2.19 bits per heavy atom. The van der Waals surface area contributed by atoms with E-state index in [0.717, 1.165) is 34.9 Å². The van der Waals surface area contributed by atoms with Crippen molar-refractivity contribution in [1.29, 1.82) is 0 Å². The largest absolute Gasteiger partial charge is 0.382 e. The van der Waals surface area contributed by atoms with Gasteiger partial charge in [-0.3, -0.25) is 9.78 Å². The normalized spacial score (nSPS) is 16.6. The number of allylic oxidation sites excluding steroid dienone is 4. The van der Waals surface area contributed by atoms with Gasteiger partial charge in [0.1, 0.15) is 11.2 Å². The minimum absolute atomic E-state index is 0.256. The highest BCUT2D eigenvalue weighted by Crippen LogP contribution is 2.23. The Morgan fingerprint density at radius 1 is 1.41 bits per heavy atom. The lowest BCUT2D eigenvalue weighted by Gasteiger charge is -2.11. The number of amides is 1. The average Bonchev–Trinajstić information content (AvgIpc) is 3.16. The van der Waals surface area contributed by atoms with Crippen LogP contribution in [-0.2, 0) is 11.3 Å². The molecule has 7 heteroatoms. The summed E-state index contributed by atoms with van der Waals surface area (Å²) in [5, 5.41) is 1.36. The van der Waals surface area contributed by atoms with Crippen molar-refractivity contribution in [2.75, 3.05) is 6.54 Å². The van der Waals surface area contributed by atoms with Crippen molar-refractivity contribution in [2.24, 2.45) is 10.7 Å². The Bertz CT molecular complexity index is 1020. The number of imidazole rings is 1.